The number of hydrogen-bond donors (Lipinski definition) is 2. The molecule has 4 aliphatic carbocycles. The Labute approximate surface area is 183 Å². The van der Waals surface area contributed by atoms with E-state index in [0.717, 1.165) is 43.1 Å². The molecule has 0 bridgehead atoms. The Morgan fingerprint density at radius 1 is 0.933 bits per heavy atom. The standard InChI is InChI=1S/C27H43NO2/c1-16-7-12-27(28-15-16)17(2)24-23(30-27)14-22-20-6-5-18-13-19(29)8-10-25(18,3)21(20)9-11-26(22,24)4/h5-6,16-24,28-29H,7-15H2,1-4H3. The molecule has 0 amide bonds. The molecule has 0 aromatic heterocycles. The predicted octanol–water partition coefficient (Wildman–Crippen LogP) is 5.14. The van der Waals surface area contributed by atoms with Crippen molar-refractivity contribution < 1.29 is 9.84 Å². The van der Waals surface area contributed by atoms with Crippen LogP contribution < -0.4 is 5.32 Å². The highest BCUT2D eigenvalue weighted by atomic mass is 16.5. The summed E-state index contributed by atoms with van der Waals surface area (Å²) in [7, 11) is 0. The molecular formula is C27H43NO2. The number of allylic oxidation sites excluding steroid dienone is 2. The molecule has 5 fully saturated rings. The number of hydrogen-bond acceptors (Lipinski definition) is 3. The summed E-state index contributed by atoms with van der Waals surface area (Å²) in [4.78, 5) is 0. The monoisotopic (exact) mass is 413 g/mol. The van der Waals surface area contributed by atoms with Crippen molar-refractivity contribution in [2.24, 2.45) is 52.3 Å². The molecule has 12 unspecified atom stereocenters. The van der Waals surface area contributed by atoms with Crippen molar-refractivity contribution in [3.8, 4) is 0 Å². The van der Waals surface area contributed by atoms with Crippen molar-refractivity contribution in [2.45, 2.75) is 97.0 Å². The number of rotatable bonds is 0. The van der Waals surface area contributed by atoms with Gasteiger partial charge >= 0.3 is 0 Å². The van der Waals surface area contributed by atoms with Crippen LogP contribution in [0.4, 0.5) is 0 Å². The number of aliphatic hydroxyl groups is 1. The van der Waals surface area contributed by atoms with Gasteiger partial charge in [0.05, 0.1) is 12.2 Å². The summed E-state index contributed by atoms with van der Waals surface area (Å²) in [5, 5.41) is 14.1. The molecule has 168 valence electrons. The molecule has 12 atom stereocenters. The second-order valence-corrected chi connectivity index (χ2v) is 12.9. The quantitative estimate of drug-likeness (QED) is 0.540. The van der Waals surface area contributed by atoms with E-state index in [4.69, 9.17) is 4.74 Å². The lowest BCUT2D eigenvalue weighted by Crippen LogP contribution is -2.57. The van der Waals surface area contributed by atoms with Crippen LogP contribution in [0.15, 0.2) is 12.2 Å². The molecule has 2 N–H and O–H groups in total. The smallest absolute Gasteiger partial charge is 0.122 e. The van der Waals surface area contributed by atoms with E-state index in [1.807, 2.05) is 0 Å². The molecule has 0 aromatic rings. The highest BCUT2D eigenvalue weighted by molar-refractivity contribution is 5.21. The van der Waals surface area contributed by atoms with Crippen molar-refractivity contribution in [3.05, 3.63) is 12.2 Å². The van der Waals surface area contributed by atoms with E-state index >= 15 is 0 Å². The van der Waals surface area contributed by atoms with Gasteiger partial charge in [-0.05, 0) is 97.7 Å². The third kappa shape index (κ3) is 2.55. The highest BCUT2D eigenvalue weighted by Gasteiger charge is 2.68. The molecule has 2 saturated heterocycles. The number of ether oxygens (including phenoxy) is 1. The van der Waals surface area contributed by atoms with Gasteiger partial charge in [0.1, 0.15) is 5.72 Å². The van der Waals surface area contributed by atoms with E-state index in [1.54, 1.807) is 0 Å². The second kappa shape index (κ2) is 6.58. The Kier molecular flexibility index (Phi) is 4.44. The van der Waals surface area contributed by atoms with E-state index in [9.17, 15) is 5.11 Å². The molecule has 0 radical (unpaired) electrons. The summed E-state index contributed by atoms with van der Waals surface area (Å²) >= 11 is 0. The zero-order valence-corrected chi connectivity index (χ0v) is 19.6. The lowest BCUT2D eigenvalue weighted by molar-refractivity contribution is -0.117. The first kappa shape index (κ1) is 20.2. The normalized spacial score (nSPS) is 62.0. The molecule has 2 aliphatic heterocycles. The lowest BCUT2D eigenvalue weighted by Gasteiger charge is -2.59. The minimum atomic E-state index is -0.0832. The molecule has 1 spiro atoms. The topological polar surface area (TPSA) is 41.5 Å². The van der Waals surface area contributed by atoms with E-state index in [2.05, 4.69) is 45.2 Å². The van der Waals surface area contributed by atoms with Gasteiger partial charge in [-0.3, -0.25) is 5.32 Å². The summed E-state index contributed by atoms with van der Waals surface area (Å²) in [5.41, 5.74) is 0.763. The first-order valence-corrected chi connectivity index (χ1v) is 13.1. The Hall–Kier alpha value is -0.380. The number of aliphatic hydroxyl groups excluding tert-OH is 1. The first-order valence-electron chi connectivity index (χ1n) is 13.1. The van der Waals surface area contributed by atoms with Crippen LogP contribution in [0.1, 0.15) is 79.1 Å². The van der Waals surface area contributed by atoms with Gasteiger partial charge in [0.15, 0.2) is 0 Å². The lowest BCUT2D eigenvalue weighted by atomic mass is 9.46. The fourth-order valence-electron chi connectivity index (χ4n) is 9.80. The summed E-state index contributed by atoms with van der Waals surface area (Å²) in [5.74, 6) is 4.97. The molecule has 6 aliphatic rings. The van der Waals surface area contributed by atoms with Gasteiger partial charge in [0.2, 0.25) is 0 Å². The molecule has 2 heterocycles. The third-order valence-corrected chi connectivity index (χ3v) is 11.6. The van der Waals surface area contributed by atoms with Crippen LogP contribution in [0.25, 0.3) is 0 Å². The van der Waals surface area contributed by atoms with Crippen LogP contribution in [0, 0.1) is 52.3 Å². The Bertz CT molecular complexity index is 726. The van der Waals surface area contributed by atoms with E-state index in [0.29, 0.717) is 34.7 Å². The largest absolute Gasteiger partial charge is 0.393 e. The van der Waals surface area contributed by atoms with Crippen molar-refractivity contribution in [1.29, 1.82) is 0 Å². The number of nitrogens with one attached hydrogen (secondary N) is 1. The van der Waals surface area contributed by atoms with Gasteiger partial charge in [-0.25, -0.2) is 0 Å². The molecule has 3 saturated carbocycles. The summed E-state index contributed by atoms with van der Waals surface area (Å²) in [6.07, 6.45) is 15.2. The Morgan fingerprint density at radius 2 is 1.73 bits per heavy atom. The van der Waals surface area contributed by atoms with Gasteiger partial charge in [0.25, 0.3) is 0 Å². The summed E-state index contributed by atoms with van der Waals surface area (Å²) < 4.78 is 6.99. The first-order chi connectivity index (χ1) is 14.3. The van der Waals surface area contributed by atoms with Crippen LogP contribution in [-0.2, 0) is 4.74 Å². The number of fused-ring (bicyclic) bond motifs is 7. The van der Waals surface area contributed by atoms with Crippen LogP contribution in [0.3, 0.4) is 0 Å². The van der Waals surface area contributed by atoms with Crippen LogP contribution in [0.5, 0.6) is 0 Å². The summed E-state index contributed by atoms with van der Waals surface area (Å²) in [6, 6.07) is 0. The van der Waals surface area contributed by atoms with Gasteiger partial charge in [-0.1, -0.05) is 39.8 Å². The molecule has 3 nitrogen and oxygen atoms in total. The van der Waals surface area contributed by atoms with Gasteiger partial charge in [-0.15, -0.1) is 0 Å². The zero-order valence-electron chi connectivity index (χ0n) is 19.6. The van der Waals surface area contributed by atoms with Gasteiger partial charge in [0, 0.05) is 12.5 Å². The SMILES string of the molecule is CC1CCC2(NC1)OC1CC3C4C=CC5CC(O)CCC5(C)C4CCC3(C)C1C2C. The van der Waals surface area contributed by atoms with Crippen molar-refractivity contribution in [2.75, 3.05) is 6.54 Å². The van der Waals surface area contributed by atoms with E-state index in [1.165, 1.54) is 38.5 Å². The molecule has 3 heteroatoms. The van der Waals surface area contributed by atoms with Gasteiger partial charge < -0.3 is 9.84 Å². The second-order valence-electron chi connectivity index (χ2n) is 12.9. The Balaban J connectivity index is 1.29. The molecule has 30 heavy (non-hydrogen) atoms. The van der Waals surface area contributed by atoms with Gasteiger partial charge in [-0.2, -0.15) is 0 Å². The van der Waals surface area contributed by atoms with E-state index in [-0.39, 0.29) is 11.8 Å². The minimum absolute atomic E-state index is 0.0499. The van der Waals surface area contributed by atoms with E-state index < -0.39 is 0 Å². The fraction of sp³-hybridized carbons (Fsp3) is 0.926. The van der Waals surface area contributed by atoms with Crippen LogP contribution in [-0.4, -0.2) is 29.6 Å². The molecule has 0 aromatic carbocycles. The molecule has 6 rings (SSSR count). The van der Waals surface area contributed by atoms with Crippen LogP contribution >= 0.6 is 0 Å². The molecular weight excluding hydrogens is 370 g/mol. The maximum atomic E-state index is 10.3. The van der Waals surface area contributed by atoms with Crippen molar-refractivity contribution >= 4 is 0 Å². The Morgan fingerprint density at radius 3 is 2.50 bits per heavy atom. The van der Waals surface area contributed by atoms with Crippen molar-refractivity contribution in [1.82, 2.24) is 5.32 Å². The predicted molar refractivity (Wildman–Crippen MR) is 120 cm³/mol. The van der Waals surface area contributed by atoms with Crippen molar-refractivity contribution in [3.63, 3.8) is 0 Å². The average molecular weight is 414 g/mol. The average Bonchev–Trinajstić information content (AvgIpc) is 3.16. The minimum Gasteiger partial charge on any atom is -0.393 e. The van der Waals surface area contributed by atoms with Crippen LogP contribution in [0.2, 0.25) is 0 Å². The summed E-state index contributed by atoms with van der Waals surface area (Å²) in [6.45, 7) is 11.2. The maximum absolute atomic E-state index is 10.3. The third-order valence-electron chi connectivity index (χ3n) is 11.6. The maximum Gasteiger partial charge on any atom is 0.122 e. The zero-order chi connectivity index (χ0) is 20.9. The number of piperidine rings is 1. The highest BCUT2D eigenvalue weighted by Crippen LogP contribution is 2.69. The fourth-order valence-corrected chi connectivity index (χ4v) is 9.80.